The van der Waals surface area contributed by atoms with E-state index in [1.54, 1.807) is 5.56 Å². The van der Waals surface area contributed by atoms with E-state index in [9.17, 15) is 0 Å². The minimum Gasteiger partial charge on any atom is -0.313 e. The van der Waals surface area contributed by atoms with E-state index in [4.69, 9.17) is 0 Å². The van der Waals surface area contributed by atoms with Gasteiger partial charge in [-0.05, 0) is 35.6 Å². The van der Waals surface area contributed by atoms with Crippen LogP contribution in [0.4, 0.5) is 0 Å². The molecule has 20 heavy (non-hydrogen) atoms. The molecule has 1 nitrogen and oxygen atoms in total. The van der Waals surface area contributed by atoms with Gasteiger partial charge in [-0.2, -0.15) is 0 Å². The molecule has 1 heterocycles. The summed E-state index contributed by atoms with van der Waals surface area (Å²) >= 11 is 2.01. The number of fused-ring (bicyclic) bond motifs is 2. The normalized spacial score (nSPS) is 20.9. The predicted molar refractivity (Wildman–Crippen MR) is 85.5 cm³/mol. The van der Waals surface area contributed by atoms with Crippen LogP contribution in [-0.4, -0.2) is 18.3 Å². The van der Waals surface area contributed by atoms with Gasteiger partial charge >= 0.3 is 0 Å². The lowest BCUT2D eigenvalue weighted by Gasteiger charge is -2.16. The lowest BCUT2D eigenvalue weighted by molar-refractivity contribution is 0.509. The van der Waals surface area contributed by atoms with Crippen molar-refractivity contribution >= 4 is 11.8 Å². The van der Waals surface area contributed by atoms with E-state index in [0.29, 0.717) is 12.0 Å². The van der Waals surface area contributed by atoms with Gasteiger partial charge in [0.15, 0.2) is 0 Å². The highest BCUT2D eigenvalue weighted by Gasteiger charge is 2.25. The Kier molecular flexibility index (Phi) is 3.29. The molecular weight excluding hydrogens is 262 g/mol. The molecule has 0 fully saturated rings. The van der Waals surface area contributed by atoms with Crippen LogP contribution < -0.4 is 5.32 Å². The number of thioether (sulfide) groups is 1. The third-order valence-electron chi connectivity index (χ3n) is 4.50. The Bertz CT molecular complexity index is 597. The van der Waals surface area contributed by atoms with E-state index in [1.807, 2.05) is 11.8 Å². The highest BCUT2D eigenvalue weighted by molar-refractivity contribution is 7.99. The first kappa shape index (κ1) is 12.5. The topological polar surface area (TPSA) is 12.0 Å². The second kappa shape index (κ2) is 5.27. The van der Waals surface area contributed by atoms with Crippen LogP contribution >= 0.6 is 11.8 Å². The van der Waals surface area contributed by atoms with Crippen LogP contribution in [0, 0.1) is 0 Å². The SMILES string of the molecule is c1ccc2c(c1)CC(NCC1CSc3ccccc31)C2. The molecule has 1 N–H and O–H groups in total. The van der Waals surface area contributed by atoms with Gasteiger partial charge in [0.2, 0.25) is 0 Å². The summed E-state index contributed by atoms with van der Waals surface area (Å²) in [5.74, 6) is 1.91. The minimum absolute atomic E-state index is 0.630. The maximum Gasteiger partial charge on any atom is 0.0148 e. The highest BCUT2D eigenvalue weighted by atomic mass is 32.2. The summed E-state index contributed by atoms with van der Waals surface area (Å²) in [6.45, 7) is 1.11. The van der Waals surface area contributed by atoms with Crippen LogP contribution in [0.5, 0.6) is 0 Å². The standard InChI is InChI=1S/C18H19NS/c1-2-6-14-10-16(9-13(14)5-1)19-11-15-12-20-18-8-4-3-7-17(15)18/h1-8,15-16,19H,9-12H2. The van der Waals surface area contributed by atoms with Crippen molar-refractivity contribution in [3.8, 4) is 0 Å². The van der Waals surface area contributed by atoms with Gasteiger partial charge in [-0.3, -0.25) is 0 Å². The minimum atomic E-state index is 0.630. The first-order valence-corrected chi connectivity index (χ1v) is 8.40. The number of rotatable bonds is 3. The lowest BCUT2D eigenvalue weighted by atomic mass is 10.0. The Labute approximate surface area is 124 Å². The third kappa shape index (κ3) is 2.27. The quantitative estimate of drug-likeness (QED) is 0.922. The summed E-state index contributed by atoms with van der Waals surface area (Å²) in [7, 11) is 0. The van der Waals surface area contributed by atoms with Crippen molar-refractivity contribution in [2.75, 3.05) is 12.3 Å². The molecule has 2 heteroatoms. The molecule has 102 valence electrons. The molecule has 1 aliphatic carbocycles. The van der Waals surface area contributed by atoms with Crippen LogP contribution in [-0.2, 0) is 12.8 Å². The smallest absolute Gasteiger partial charge is 0.0148 e. The zero-order chi connectivity index (χ0) is 13.4. The van der Waals surface area contributed by atoms with Crippen molar-refractivity contribution in [1.82, 2.24) is 5.32 Å². The van der Waals surface area contributed by atoms with Crippen LogP contribution in [0.2, 0.25) is 0 Å². The van der Waals surface area contributed by atoms with Crippen molar-refractivity contribution in [2.45, 2.75) is 29.7 Å². The van der Waals surface area contributed by atoms with Crippen LogP contribution in [0.15, 0.2) is 53.4 Å². The number of hydrogen-bond donors (Lipinski definition) is 1. The predicted octanol–water partition coefficient (Wildman–Crippen LogP) is 3.63. The van der Waals surface area contributed by atoms with E-state index in [0.717, 1.165) is 6.54 Å². The lowest BCUT2D eigenvalue weighted by Crippen LogP contribution is -2.33. The Morgan fingerprint density at radius 3 is 2.45 bits per heavy atom. The van der Waals surface area contributed by atoms with Crippen molar-refractivity contribution < 1.29 is 0 Å². The van der Waals surface area contributed by atoms with Crippen LogP contribution in [0.25, 0.3) is 0 Å². The van der Waals surface area contributed by atoms with Gasteiger partial charge < -0.3 is 5.32 Å². The van der Waals surface area contributed by atoms with E-state index in [1.165, 1.54) is 34.6 Å². The molecule has 2 aromatic rings. The Hall–Kier alpha value is -1.25. The summed E-state index contributed by atoms with van der Waals surface area (Å²) < 4.78 is 0. The van der Waals surface area contributed by atoms with Gasteiger partial charge in [-0.1, -0.05) is 42.5 Å². The average Bonchev–Trinajstić information content (AvgIpc) is 3.08. The van der Waals surface area contributed by atoms with E-state index in [-0.39, 0.29) is 0 Å². The molecule has 0 saturated heterocycles. The highest BCUT2D eigenvalue weighted by Crippen LogP contribution is 2.39. The molecule has 0 spiro atoms. The molecule has 2 aromatic carbocycles. The fraction of sp³-hybridized carbons (Fsp3) is 0.333. The second-order valence-electron chi connectivity index (χ2n) is 5.83. The molecule has 2 aliphatic rings. The molecule has 0 saturated carbocycles. The van der Waals surface area contributed by atoms with Gasteiger partial charge in [0.05, 0.1) is 0 Å². The zero-order valence-corrected chi connectivity index (χ0v) is 12.3. The molecule has 1 atom stereocenters. The second-order valence-corrected chi connectivity index (χ2v) is 6.89. The molecule has 0 radical (unpaired) electrons. The molecule has 0 amide bonds. The molecule has 4 rings (SSSR count). The Morgan fingerprint density at radius 1 is 0.950 bits per heavy atom. The van der Waals surface area contributed by atoms with Crippen molar-refractivity contribution in [3.05, 3.63) is 65.2 Å². The largest absolute Gasteiger partial charge is 0.313 e. The van der Waals surface area contributed by atoms with Crippen LogP contribution in [0.1, 0.15) is 22.6 Å². The maximum absolute atomic E-state index is 3.80. The summed E-state index contributed by atoms with van der Waals surface area (Å²) in [5.41, 5.74) is 4.61. The van der Waals surface area contributed by atoms with Gasteiger partial charge in [-0.25, -0.2) is 0 Å². The Morgan fingerprint density at radius 2 is 1.65 bits per heavy atom. The molecule has 0 bridgehead atoms. The van der Waals surface area contributed by atoms with Gasteiger partial charge in [0.1, 0.15) is 0 Å². The van der Waals surface area contributed by atoms with Gasteiger partial charge in [-0.15, -0.1) is 11.8 Å². The number of hydrogen-bond acceptors (Lipinski definition) is 2. The summed E-state index contributed by atoms with van der Waals surface area (Å²) in [4.78, 5) is 1.48. The summed E-state index contributed by atoms with van der Waals surface area (Å²) in [5, 5.41) is 3.80. The number of benzene rings is 2. The first-order valence-electron chi connectivity index (χ1n) is 7.42. The summed E-state index contributed by atoms with van der Waals surface area (Å²) in [6.07, 6.45) is 2.38. The molecule has 1 unspecified atom stereocenters. The van der Waals surface area contributed by atoms with Crippen LogP contribution in [0.3, 0.4) is 0 Å². The molecule has 1 aliphatic heterocycles. The molecule has 0 aromatic heterocycles. The molecular formula is C18H19NS. The third-order valence-corrected chi connectivity index (χ3v) is 5.75. The Balaban J connectivity index is 1.39. The zero-order valence-electron chi connectivity index (χ0n) is 11.5. The van der Waals surface area contributed by atoms with E-state index < -0.39 is 0 Å². The first-order chi connectivity index (χ1) is 9.90. The fourth-order valence-corrected chi connectivity index (χ4v) is 4.66. The average molecular weight is 281 g/mol. The van der Waals surface area contributed by atoms with E-state index >= 15 is 0 Å². The van der Waals surface area contributed by atoms with Crippen molar-refractivity contribution in [2.24, 2.45) is 0 Å². The summed E-state index contributed by atoms with van der Waals surface area (Å²) in [6, 6.07) is 18.4. The van der Waals surface area contributed by atoms with E-state index in [2.05, 4.69) is 53.8 Å². The maximum atomic E-state index is 3.80. The number of nitrogens with one attached hydrogen (secondary N) is 1. The monoisotopic (exact) mass is 281 g/mol. The van der Waals surface area contributed by atoms with Crippen molar-refractivity contribution in [3.63, 3.8) is 0 Å². The fourth-order valence-electron chi connectivity index (χ4n) is 3.41. The van der Waals surface area contributed by atoms with Gasteiger partial charge in [0.25, 0.3) is 0 Å². The van der Waals surface area contributed by atoms with Gasteiger partial charge in [0, 0.05) is 29.2 Å². The van der Waals surface area contributed by atoms with Crippen molar-refractivity contribution in [1.29, 1.82) is 0 Å².